The van der Waals surface area contributed by atoms with Crippen LogP contribution in [0.5, 0.6) is 0 Å². The molecular formula is C10H15N3O4S. The fraction of sp³-hybridized carbons (Fsp3) is 0.400. The molecule has 1 atom stereocenters. The molecule has 0 aromatic heterocycles. The Morgan fingerprint density at radius 2 is 2.00 bits per heavy atom. The van der Waals surface area contributed by atoms with Crippen LogP contribution in [0, 0.1) is 10.1 Å². The van der Waals surface area contributed by atoms with Crippen LogP contribution in [-0.2, 0) is 10.0 Å². The van der Waals surface area contributed by atoms with E-state index in [0.717, 1.165) is 10.4 Å². The van der Waals surface area contributed by atoms with E-state index in [0.29, 0.717) is 0 Å². The van der Waals surface area contributed by atoms with Crippen LogP contribution in [0.15, 0.2) is 29.2 Å². The predicted octanol–water partition coefficient (Wildman–Crippen LogP) is 0.562. The van der Waals surface area contributed by atoms with Crippen LogP contribution < -0.4 is 5.73 Å². The van der Waals surface area contributed by atoms with E-state index >= 15 is 0 Å². The average Bonchev–Trinajstić information content (AvgIpc) is 2.36. The van der Waals surface area contributed by atoms with Gasteiger partial charge in [0.15, 0.2) is 4.90 Å². The minimum Gasteiger partial charge on any atom is -0.329 e. The topological polar surface area (TPSA) is 107 Å². The third-order valence-electron chi connectivity index (χ3n) is 2.68. The number of hydrogen-bond acceptors (Lipinski definition) is 5. The van der Waals surface area contributed by atoms with Gasteiger partial charge in [-0.3, -0.25) is 10.1 Å². The van der Waals surface area contributed by atoms with Crippen molar-refractivity contribution >= 4 is 15.7 Å². The van der Waals surface area contributed by atoms with Gasteiger partial charge in [-0.1, -0.05) is 12.1 Å². The van der Waals surface area contributed by atoms with E-state index < -0.39 is 26.7 Å². The molecule has 0 aliphatic carbocycles. The van der Waals surface area contributed by atoms with E-state index in [4.69, 9.17) is 5.73 Å². The highest BCUT2D eigenvalue weighted by molar-refractivity contribution is 7.89. The summed E-state index contributed by atoms with van der Waals surface area (Å²) >= 11 is 0. The number of rotatable bonds is 5. The lowest BCUT2D eigenvalue weighted by molar-refractivity contribution is -0.387. The van der Waals surface area contributed by atoms with Crippen molar-refractivity contribution in [1.29, 1.82) is 0 Å². The van der Waals surface area contributed by atoms with Gasteiger partial charge >= 0.3 is 0 Å². The number of benzene rings is 1. The van der Waals surface area contributed by atoms with Gasteiger partial charge in [-0.25, -0.2) is 8.42 Å². The molecule has 8 heteroatoms. The molecule has 0 fully saturated rings. The monoisotopic (exact) mass is 273 g/mol. The van der Waals surface area contributed by atoms with Crippen molar-refractivity contribution in [3.63, 3.8) is 0 Å². The summed E-state index contributed by atoms with van der Waals surface area (Å²) < 4.78 is 25.5. The third-order valence-corrected chi connectivity index (χ3v) is 4.70. The SMILES string of the molecule is CC(CN)N(C)S(=O)(=O)c1ccccc1[N+](=O)[O-]. The van der Waals surface area contributed by atoms with E-state index in [1.54, 1.807) is 6.92 Å². The molecule has 0 aliphatic rings. The lowest BCUT2D eigenvalue weighted by Crippen LogP contribution is -2.39. The molecule has 1 aromatic carbocycles. The summed E-state index contributed by atoms with van der Waals surface area (Å²) in [6.07, 6.45) is 0. The Morgan fingerprint density at radius 1 is 1.44 bits per heavy atom. The summed E-state index contributed by atoms with van der Waals surface area (Å²) in [4.78, 5) is 9.79. The Balaban J connectivity index is 3.33. The molecule has 2 N–H and O–H groups in total. The van der Waals surface area contributed by atoms with E-state index in [1.807, 2.05) is 0 Å². The summed E-state index contributed by atoms with van der Waals surface area (Å²) in [7, 11) is -2.56. The van der Waals surface area contributed by atoms with Crippen molar-refractivity contribution in [1.82, 2.24) is 4.31 Å². The summed E-state index contributed by atoms with van der Waals surface area (Å²) in [6.45, 7) is 1.77. The first-order valence-corrected chi connectivity index (χ1v) is 6.68. The fourth-order valence-electron chi connectivity index (χ4n) is 1.37. The minimum atomic E-state index is -3.91. The Kier molecular flexibility index (Phi) is 4.38. The molecule has 0 aliphatic heterocycles. The first-order chi connectivity index (χ1) is 8.32. The standard InChI is InChI=1S/C10H15N3O4S/c1-8(7-11)12(2)18(16,17)10-6-4-3-5-9(10)13(14)15/h3-6,8H,7,11H2,1-2H3. The maximum Gasteiger partial charge on any atom is 0.289 e. The van der Waals surface area contributed by atoms with Crippen molar-refractivity contribution in [2.24, 2.45) is 5.73 Å². The molecule has 100 valence electrons. The van der Waals surface area contributed by atoms with Crippen LogP contribution >= 0.6 is 0 Å². The number of nitrogens with zero attached hydrogens (tertiary/aromatic N) is 2. The lowest BCUT2D eigenvalue weighted by atomic mass is 10.3. The van der Waals surface area contributed by atoms with Crippen molar-refractivity contribution in [3.8, 4) is 0 Å². The maximum absolute atomic E-state index is 12.2. The van der Waals surface area contributed by atoms with Gasteiger partial charge in [0.2, 0.25) is 10.0 Å². The summed E-state index contributed by atoms with van der Waals surface area (Å²) in [5.41, 5.74) is 4.97. The van der Waals surface area contributed by atoms with Gasteiger partial charge in [-0.2, -0.15) is 4.31 Å². The summed E-state index contributed by atoms with van der Waals surface area (Å²) in [6, 6.07) is 4.81. The van der Waals surface area contributed by atoms with Crippen LogP contribution in [-0.4, -0.2) is 37.3 Å². The Morgan fingerprint density at radius 3 is 2.50 bits per heavy atom. The number of nitro groups is 1. The van der Waals surface area contributed by atoms with E-state index in [1.165, 1.54) is 25.2 Å². The number of para-hydroxylation sites is 1. The highest BCUT2D eigenvalue weighted by Crippen LogP contribution is 2.26. The van der Waals surface area contributed by atoms with Gasteiger partial charge in [0.1, 0.15) is 0 Å². The van der Waals surface area contributed by atoms with Crippen LogP contribution in [0.3, 0.4) is 0 Å². The second kappa shape index (κ2) is 5.42. The first kappa shape index (κ1) is 14.6. The Labute approximate surface area is 105 Å². The molecule has 0 bridgehead atoms. The van der Waals surface area contributed by atoms with Crippen LogP contribution in [0.25, 0.3) is 0 Å². The second-order valence-corrected chi connectivity index (χ2v) is 5.80. The van der Waals surface area contributed by atoms with E-state index in [2.05, 4.69) is 0 Å². The molecule has 0 saturated heterocycles. The zero-order valence-electron chi connectivity index (χ0n) is 10.1. The lowest BCUT2D eigenvalue weighted by Gasteiger charge is -2.22. The molecule has 0 spiro atoms. The molecule has 0 saturated carbocycles. The third kappa shape index (κ3) is 2.66. The molecule has 0 amide bonds. The van der Waals surface area contributed by atoms with Gasteiger partial charge < -0.3 is 5.73 Å². The van der Waals surface area contributed by atoms with Gasteiger partial charge in [-0.05, 0) is 13.0 Å². The number of nitrogens with two attached hydrogens (primary N) is 1. The predicted molar refractivity (Wildman–Crippen MR) is 66.6 cm³/mol. The quantitative estimate of drug-likeness (QED) is 0.623. The molecule has 1 rings (SSSR count). The van der Waals surface area contributed by atoms with Gasteiger partial charge in [0, 0.05) is 25.7 Å². The molecule has 1 unspecified atom stereocenters. The minimum absolute atomic E-state index is 0.135. The van der Waals surface area contributed by atoms with Crippen molar-refractivity contribution < 1.29 is 13.3 Å². The molecule has 0 radical (unpaired) electrons. The number of hydrogen-bond donors (Lipinski definition) is 1. The highest BCUT2D eigenvalue weighted by Gasteiger charge is 2.31. The van der Waals surface area contributed by atoms with Gasteiger partial charge in [0.05, 0.1) is 4.92 Å². The van der Waals surface area contributed by atoms with Crippen molar-refractivity contribution in [3.05, 3.63) is 34.4 Å². The number of likely N-dealkylation sites (N-methyl/N-ethyl adjacent to an activating group) is 1. The molecular weight excluding hydrogens is 258 g/mol. The largest absolute Gasteiger partial charge is 0.329 e. The normalized spacial score (nSPS) is 13.6. The maximum atomic E-state index is 12.2. The van der Waals surface area contributed by atoms with Crippen LogP contribution in [0.1, 0.15) is 6.92 Å². The van der Waals surface area contributed by atoms with Crippen molar-refractivity contribution in [2.45, 2.75) is 17.9 Å². The van der Waals surface area contributed by atoms with Crippen molar-refractivity contribution in [2.75, 3.05) is 13.6 Å². The zero-order valence-corrected chi connectivity index (χ0v) is 10.9. The Bertz CT molecular complexity index is 544. The van der Waals surface area contributed by atoms with E-state index in [-0.39, 0.29) is 11.4 Å². The smallest absolute Gasteiger partial charge is 0.289 e. The molecule has 7 nitrogen and oxygen atoms in total. The van der Waals surface area contributed by atoms with Crippen LogP contribution in [0.4, 0.5) is 5.69 Å². The summed E-state index contributed by atoms with van der Waals surface area (Å²) in [5, 5.41) is 10.8. The first-order valence-electron chi connectivity index (χ1n) is 5.24. The fourth-order valence-corrected chi connectivity index (χ4v) is 2.89. The zero-order chi connectivity index (χ0) is 13.9. The summed E-state index contributed by atoms with van der Waals surface area (Å²) in [5.74, 6) is 0. The molecule has 0 heterocycles. The number of nitro benzene ring substituents is 1. The average molecular weight is 273 g/mol. The second-order valence-electron chi connectivity index (χ2n) is 3.83. The molecule has 18 heavy (non-hydrogen) atoms. The van der Waals surface area contributed by atoms with Crippen LogP contribution in [0.2, 0.25) is 0 Å². The molecule has 1 aromatic rings. The van der Waals surface area contributed by atoms with E-state index in [9.17, 15) is 18.5 Å². The number of sulfonamides is 1. The highest BCUT2D eigenvalue weighted by atomic mass is 32.2. The van der Waals surface area contributed by atoms with Gasteiger partial charge in [-0.15, -0.1) is 0 Å². The Hall–Kier alpha value is -1.51. The van der Waals surface area contributed by atoms with Gasteiger partial charge in [0.25, 0.3) is 5.69 Å².